The van der Waals surface area contributed by atoms with Gasteiger partial charge in [-0.05, 0) is 42.2 Å². The molecule has 5 rings (SSSR count). The molecule has 0 bridgehead atoms. The van der Waals surface area contributed by atoms with Crippen molar-refractivity contribution in [3.05, 3.63) is 75.4 Å². The molecule has 2 aliphatic heterocycles. The van der Waals surface area contributed by atoms with Crippen molar-refractivity contribution in [3.63, 3.8) is 0 Å². The number of para-hydroxylation sites is 1. The number of benzene rings is 2. The number of nitrogens with one attached hydrogen (secondary N) is 1. The van der Waals surface area contributed by atoms with Crippen LogP contribution in [0.3, 0.4) is 0 Å². The van der Waals surface area contributed by atoms with E-state index in [1.165, 1.54) is 6.07 Å². The molecule has 172 valence electrons. The van der Waals surface area contributed by atoms with Gasteiger partial charge >= 0.3 is 6.18 Å². The quantitative estimate of drug-likeness (QED) is 0.445. The van der Waals surface area contributed by atoms with Crippen LogP contribution in [0.5, 0.6) is 0 Å². The Morgan fingerprint density at radius 2 is 1.88 bits per heavy atom. The van der Waals surface area contributed by atoms with Crippen molar-refractivity contribution in [1.82, 2.24) is 9.78 Å². The van der Waals surface area contributed by atoms with Crippen molar-refractivity contribution < 1.29 is 18.0 Å². The van der Waals surface area contributed by atoms with Crippen molar-refractivity contribution in [2.24, 2.45) is 0 Å². The zero-order valence-electron chi connectivity index (χ0n) is 17.2. The predicted octanol–water partition coefficient (Wildman–Crippen LogP) is 6.44. The summed E-state index contributed by atoms with van der Waals surface area (Å²) in [6.07, 6.45) is -3.21. The van der Waals surface area contributed by atoms with Crippen molar-refractivity contribution in [1.29, 1.82) is 0 Å². The third-order valence-corrected chi connectivity index (χ3v) is 6.85. The summed E-state index contributed by atoms with van der Waals surface area (Å²) in [7, 11) is 0. The summed E-state index contributed by atoms with van der Waals surface area (Å²) in [4.78, 5) is 14.9. The average molecular weight is 495 g/mol. The van der Waals surface area contributed by atoms with Gasteiger partial charge in [0.1, 0.15) is 5.82 Å². The van der Waals surface area contributed by atoms with E-state index >= 15 is 0 Å². The summed E-state index contributed by atoms with van der Waals surface area (Å²) < 4.78 is 42.8. The molecule has 0 fully saturated rings. The van der Waals surface area contributed by atoms with Gasteiger partial charge in [0.25, 0.3) is 5.91 Å². The highest BCUT2D eigenvalue weighted by atomic mass is 35.5. The SMILES string of the molecule is O=C(c1cc2n(n1)C(C(F)(F)F)CC(c1ccc(Cl)c(Cl)c1)N2)N1CCCc2ccccc21. The second-order valence-corrected chi connectivity index (χ2v) is 9.03. The van der Waals surface area contributed by atoms with Crippen molar-refractivity contribution >= 4 is 40.6 Å². The molecule has 2 aromatic carbocycles. The van der Waals surface area contributed by atoms with Gasteiger partial charge in [0.15, 0.2) is 11.7 Å². The third kappa shape index (κ3) is 4.06. The molecular weight excluding hydrogens is 476 g/mol. The van der Waals surface area contributed by atoms with E-state index in [0.717, 1.165) is 28.8 Å². The van der Waals surface area contributed by atoms with Gasteiger partial charge in [-0.15, -0.1) is 0 Å². The van der Waals surface area contributed by atoms with Crippen LogP contribution < -0.4 is 10.2 Å². The first-order valence-electron chi connectivity index (χ1n) is 10.5. The van der Waals surface area contributed by atoms with Gasteiger partial charge in [-0.1, -0.05) is 47.5 Å². The molecule has 0 saturated heterocycles. The molecule has 33 heavy (non-hydrogen) atoms. The summed E-state index contributed by atoms with van der Waals surface area (Å²) in [6, 6.07) is 11.1. The van der Waals surface area contributed by atoms with Crippen molar-refractivity contribution in [2.75, 3.05) is 16.8 Å². The molecule has 3 heterocycles. The molecular formula is C23H19Cl2F3N4O. The smallest absolute Gasteiger partial charge is 0.363 e. The molecule has 1 N–H and O–H groups in total. The molecule has 1 aromatic heterocycles. The van der Waals surface area contributed by atoms with Gasteiger partial charge in [0.05, 0.1) is 16.1 Å². The Morgan fingerprint density at radius 1 is 1.09 bits per heavy atom. The first-order valence-corrected chi connectivity index (χ1v) is 11.3. The van der Waals surface area contributed by atoms with Crippen LogP contribution in [0.25, 0.3) is 0 Å². The highest BCUT2D eigenvalue weighted by Crippen LogP contribution is 2.44. The van der Waals surface area contributed by atoms with Crippen LogP contribution in [0.15, 0.2) is 48.5 Å². The Balaban J connectivity index is 1.50. The maximum atomic E-state index is 14.0. The largest absolute Gasteiger partial charge is 0.410 e. The molecule has 2 aliphatic rings. The third-order valence-electron chi connectivity index (χ3n) is 6.11. The van der Waals surface area contributed by atoms with Crippen LogP contribution in [-0.4, -0.2) is 28.4 Å². The average Bonchev–Trinajstić information content (AvgIpc) is 3.23. The van der Waals surface area contributed by atoms with E-state index in [2.05, 4.69) is 10.4 Å². The van der Waals surface area contributed by atoms with Gasteiger partial charge in [0, 0.05) is 24.7 Å². The topological polar surface area (TPSA) is 50.2 Å². The van der Waals surface area contributed by atoms with Crippen LogP contribution in [0, 0.1) is 0 Å². The lowest BCUT2D eigenvalue weighted by molar-refractivity contribution is -0.173. The molecule has 10 heteroatoms. The zero-order valence-corrected chi connectivity index (χ0v) is 18.8. The van der Waals surface area contributed by atoms with E-state index < -0.39 is 24.2 Å². The number of aryl methyl sites for hydroxylation is 1. The van der Waals surface area contributed by atoms with Crippen molar-refractivity contribution in [3.8, 4) is 0 Å². The molecule has 2 unspecified atom stereocenters. The number of alkyl halides is 3. The van der Waals surface area contributed by atoms with Gasteiger partial charge in [0.2, 0.25) is 0 Å². The fraction of sp³-hybridized carbons (Fsp3) is 0.304. The number of fused-ring (bicyclic) bond motifs is 2. The highest BCUT2D eigenvalue weighted by molar-refractivity contribution is 6.42. The lowest BCUT2D eigenvalue weighted by Crippen LogP contribution is -2.37. The molecule has 5 nitrogen and oxygen atoms in total. The first-order chi connectivity index (χ1) is 15.7. The summed E-state index contributed by atoms with van der Waals surface area (Å²) in [5.41, 5.74) is 2.35. The molecule has 3 aromatic rings. The molecule has 0 radical (unpaired) electrons. The van der Waals surface area contributed by atoms with E-state index in [9.17, 15) is 18.0 Å². The molecule has 0 spiro atoms. The Morgan fingerprint density at radius 3 is 2.64 bits per heavy atom. The monoisotopic (exact) mass is 494 g/mol. The maximum absolute atomic E-state index is 14.0. The number of anilines is 2. The van der Waals surface area contributed by atoms with Gasteiger partial charge < -0.3 is 10.2 Å². The Kier molecular flexibility index (Phi) is 5.53. The number of halogens is 5. The Hall–Kier alpha value is -2.71. The summed E-state index contributed by atoms with van der Waals surface area (Å²) >= 11 is 12.0. The second-order valence-electron chi connectivity index (χ2n) is 8.21. The number of amides is 1. The Bertz CT molecular complexity index is 1230. The summed E-state index contributed by atoms with van der Waals surface area (Å²) in [5, 5.41) is 7.77. The standard InChI is InChI=1S/C23H19Cl2F3N4O/c24-15-8-7-14(10-16(15)25)17-11-20(23(26,27)28)32-21(29-17)12-18(30-32)22(33)31-9-3-5-13-4-1-2-6-19(13)31/h1-2,4,6-8,10,12,17,20,29H,3,5,9,11H2. The number of carbonyl (C=O) groups is 1. The fourth-order valence-electron chi connectivity index (χ4n) is 4.51. The first kappa shape index (κ1) is 22.1. The minimum atomic E-state index is -4.55. The van der Waals surface area contributed by atoms with Gasteiger partial charge in [-0.3, -0.25) is 4.79 Å². The van der Waals surface area contributed by atoms with Crippen LogP contribution in [0.1, 0.15) is 46.5 Å². The van der Waals surface area contributed by atoms with Gasteiger partial charge in [-0.2, -0.15) is 18.3 Å². The summed E-state index contributed by atoms with van der Waals surface area (Å²) in [6.45, 7) is 0.486. The molecule has 0 aliphatic carbocycles. The lowest BCUT2D eigenvalue weighted by Gasteiger charge is -2.33. The zero-order chi connectivity index (χ0) is 23.3. The highest BCUT2D eigenvalue weighted by Gasteiger charge is 2.47. The van der Waals surface area contributed by atoms with Crippen LogP contribution in [0.4, 0.5) is 24.7 Å². The molecule has 2 atom stereocenters. The van der Waals surface area contributed by atoms with Crippen molar-refractivity contribution in [2.45, 2.75) is 37.5 Å². The molecule has 0 saturated carbocycles. The van der Waals surface area contributed by atoms with Gasteiger partial charge in [-0.25, -0.2) is 4.68 Å². The van der Waals surface area contributed by atoms with E-state index in [1.54, 1.807) is 23.1 Å². The number of rotatable bonds is 2. The number of carbonyl (C=O) groups excluding carboxylic acids is 1. The minimum Gasteiger partial charge on any atom is -0.363 e. The predicted molar refractivity (Wildman–Crippen MR) is 121 cm³/mol. The normalized spacial score (nSPS) is 20.1. The fourth-order valence-corrected chi connectivity index (χ4v) is 4.82. The van der Waals surface area contributed by atoms with E-state index in [0.29, 0.717) is 17.1 Å². The minimum absolute atomic E-state index is 0.0294. The molecule has 1 amide bonds. The van der Waals surface area contributed by atoms with Crippen LogP contribution >= 0.6 is 23.2 Å². The van der Waals surface area contributed by atoms with Crippen LogP contribution in [0.2, 0.25) is 10.0 Å². The summed E-state index contributed by atoms with van der Waals surface area (Å²) in [5.74, 6) is -0.286. The van der Waals surface area contributed by atoms with E-state index in [4.69, 9.17) is 23.2 Å². The number of nitrogens with zero attached hydrogens (tertiary/aromatic N) is 3. The number of hydrogen-bond donors (Lipinski definition) is 1. The Labute approximate surface area is 198 Å². The van der Waals surface area contributed by atoms with E-state index in [1.807, 2.05) is 24.3 Å². The lowest BCUT2D eigenvalue weighted by atomic mass is 9.97. The second kappa shape index (κ2) is 8.25. The number of aromatic nitrogens is 2. The van der Waals surface area contributed by atoms with Crippen LogP contribution in [-0.2, 0) is 6.42 Å². The van der Waals surface area contributed by atoms with E-state index in [-0.39, 0.29) is 23.0 Å². The number of hydrogen-bond acceptors (Lipinski definition) is 3. The maximum Gasteiger partial charge on any atom is 0.410 e.